The number of para-hydroxylation sites is 2. The summed E-state index contributed by atoms with van der Waals surface area (Å²) in [6.07, 6.45) is 5.92. The number of hydrogen-bond donors (Lipinski definition) is 1. The summed E-state index contributed by atoms with van der Waals surface area (Å²) < 4.78 is 2.05. The number of benzene rings is 2. The maximum Gasteiger partial charge on any atom is 0.240 e. The van der Waals surface area contributed by atoms with Gasteiger partial charge in [0.2, 0.25) is 5.91 Å². The first-order valence-electron chi connectivity index (χ1n) is 9.53. The maximum absolute atomic E-state index is 12.7. The minimum absolute atomic E-state index is 0.0786. The van der Waals surface area contributed by atoms with E-state index in [0.29, 0.717) is 12.6 Å². The Morgan fingerprint density at radius 1 is 1.08 bits per heavy atom. The standard InChI is InChI=1S/C22H25N3O/c1-16-9-5-6-12-18(16)22-24-19-13-7-8-14-20(19)25(22)15-21(26)23-17-10-3-2-4-11-17/h5-9,12-14,17H,2-4,10-11,15H2,1H3,(H,23,26). The van der Waals surface area contributed by atoms with E-state index in [4.69, 9.17) is 4.98 Å². The molecule has 2 aromatic carbocycles. The molecule has 26 heavy (non-hydrogen) atoms. The second kappa shape index (κ2) is 7.32. The van der Waals surface area contributed by atoms with E-state index in [0.717, 1.165) is 40.8 Å². The zero-order valence-electron chi connectivity index (χ0n) is 15.2. The van der Waals surface area contributed by atoms with Crippen molar-refractivity contribution >= 4 is 16.9 Å². The summed E-state index contributed by atoms with van der Waals surface area (Å²) in [5.74, 6) is 0.943. The summed E-state index contributed by atoms with van der Waals surface area (Å²) in [6, 6.07) is 16.6. The molecule has 1 heterocycles. The lowest BCUT2D eigenvalue weighted by Crippen LogP contribution is -2.38. The van der Waals surface area contributed by atoms with E-state index >= 15 is 0 Å². The third-order valence-corrected chi connectivity index (χ3v) is 5.31. The summed E-state index contributed by atoms with van der Waals surface area (Å²) >= 11 is 0. The van der Waals surface area contributed by atoms with Crippen LogP contribution >= 0.6 is 0 Å². The van der Waals surface area contributed by atoms with Crippen LogP contribution in [0.25, 0.3) is 22.4 Å². The van der Waals surface area contributed by atoms with Gasteiger partial charge in [0.15, 0.2) is 0 Å². The first-order valence-corrected chi connectivity index (χ1v) is 9.53. The molecule has 134 valence electrons. The minimum Gasteiger partial charge on any atom is -0.352 e. The predicted octanol–water partition coefficient (Wildman–Crippen LogP) is 4.46. The van der Waals surface area contributed by atoms with E-state index in [2.05, 4.69) is 28.9 Å². The number of carbonyl (C=O) groups is 1. The van der Waals surface area contributed by atoms with Crippen LogP contribution in [0, 0.1) is 6.92 Å². The summed E-state index contributed by atoms with van der Waals surface area (Å²) in [5, 5.41) is 3.23. The van der Waals surface area contributed by atoms with Gasteiger partial charge in [0.25, 0.3) is 0 Å². The molecule has 0 atom stereocenters. The number of aromatic nitrogens is 2. The number of hydrogen-bond acceptors (Lipinski definition) is 2. The fourth-order valence-corrected chi connectivity index (χ4v) is 3.93. The van der Waals surface area contributed by atoms with Crippen molar-refractivity contribution in [3.63, 3.8) is 0 Å². The molecule has 4 nitrogen and oxygen atoms in total. The van der Waals surface area contributed by atoms with Crippen LogP contribution in [0.2, 0.25) is 0 Å². The van der Waals surface area contributed by atoms with Gasteiger partial charge >= 0.3 is 0 Å². The zero-order chi connectivity index (χ0) is 17.9. The molecular weight excluding hydrogens is 322 g/mol. The normalized spacial score (nSPS) is 15.3. The lowest BCUT2D eigenvalue weighted by atomic mass is 9.95. The lowest BCUT2D eigenvalue weighted by Gasteiger charge is -2.23. The van der Waals surface area contributed by atoms with Gasteiger partial charge in [-0.25, -0.2) is 4.98 Å². The van der Waals surface area contributed by atoms with Gasteiger partial charge in [-0.1, -0.05) is 55.7 Å². The number of carbonyl (C=O) groups excluding carboxylic acids is 1. The molecule has 0 aliphatic heterocycles. The number of nitrogens with one attached hydrogen (secondary N) is 1. The first kappa shape index (κ1) is 16.8. The highest BCUT2D eigenvalue weighted by molar-refractivity contribution is 5.85. The monoisotopic (exact) mass is 347 g/mol. The average Bonchev–Trinajstić information content (AvgIpc) is 3.01. The van der Waals surface area contributed by atoms with E-state index in [-0.39, 0.29) is 5.91 Å². The summed E-state index contributed by atoms with van der Waals surface area (Å²) in [4.78, 5) is 17.6. The van der Waals surface area contributed by atoms with E-state index in [1.165, 1.54) is 19.3 Å². The molecule has 1 fully saturated rings. The summed E-state index contributed by atoms with van der Waals surface area (Å²) in [6.45, 7) is 2.39. The highest BCUT2D eigenvalue weighted by Gasteiger charge is 2.19. The van der Waals surface area contributed by atoms with Crippen LogP contribution in [0.5, 0.6) is 0 Å². The Hall–Kier alpha value is -2.62. The van der Waals surface area contributed by atoms with E-state index in [1.54, 1.807) is 0 Å². The highest BCUT2D eigenvalue weighted by atomic mass is 16.2. The number of amides is 1. The quantitative estimate of drug-likeness (QED) is 0.757. The Labute approximate surface area is 154 Å². The maximum atomic E-state index is 12.7. The molecule has 4 heteroatoms. The van der Waals surface area contributed by atoms with Crippen LogP contribution in [0.15, 0.2) is 48.5 Å². The Kier molecular flexibility index (Phi) is 4.74. The van der Waals surface area contributed by atoms with Gasteiger partial charge in [0, 0.05) is 11.6 Å². The Morgan fingerprint density at radius 3 is 2.62 bits per heavy atom. The second-order valence-corrected chi connectivity index (χ2v) is 7.23. The number of imidazole rings is 1. The lowest BCUT2D eigenvalue weighted by molar-refractivity contribution is -0.122. The SMILES string of the molecule is Cc1ccccc1-c1nc2ccccc2n1CC(=O)NC1CCCCC1. The van der Waals surface area contributed by atoms with Crippen LogP contribution in [0.3, 0.4) is 0 Å². The Morgan fingerprint density at radius 2 is 1.81 bits per heavy atom. The molecule has 1 aliphatic carbocycles. The van der Waals surface area contributed by atoms with Crippen molar-refractivity contribution in [1.82, 2.24) is 14.9 Å². The number of rotatable bonds is 4. The van der Waals surface area contributed by atoms with E-state index in [1.807, 2.05) is 36.4 Å². The van der Waals surface area contributed by atoms with E-state index < -0.39 is 0 Å². The molecule has 4 rings (SSSR count). The molecule has 1 N–H and O–H groups in total. The van der Waals surface area contributed by atoms with Crippen LogP contribution < -0.4 is 5.32 Å². The van der Waals surface area contributed by atoms with Gasteiger partial charge in [0.05, 0.1) is 11.0 Å². The van der Waals surface area contributed by atoms with Gasteiger partial charge in [-0.3, -0.25) is 4.79 Å². The molecule has 0 unspecified atom stereocenters. The molecule has 1 saturated carbocycles. The third-order valence-electron chi connectivity index (χ3n) is 5.31. The van der Waals surface area contributed by atoms with Crippen molar-refractivity contribution < 1.29 is 4.79 Å². The fraction of sp³-hybridized carbons (Fsp3) is 0.364. The van der Waals surface area contributed by atoms with Crippen LogP contribution in [-0.2, 0) is 11.3 Å². The number of aryl methyl sites for hydroxylation is 1. The Balaban J connectivity index is 1.67. The molecule has 3 aromatic rings. The van der Waals surface area contributed by atoms with Crippen molar-refractivity contribution in [2.75, 3.05) is 0 Å². The Bertz CT molecular complexity index is 922. The van der Waals surface area contributed by atoms with Crippen molar-refractivity contribution in [1.29, 1.82) is 0 Å². The van der Waals surface area contributed by atoms with E-state index in [9.17, 15) is 4.79 Å². The van der Waals surface area contributed by atoms with Gasteiger partial charge in [-0.15, -0.1) is 0 Å². The summed E-state index contributed by atoms with van der Waals surface area (Å²) in [7, 11) is 0. The highest BCUT2D eigenvalue weighted by Crippen LogP contribution is 2.27. The molecule has 0 saturated heterocycles. The average molecular weight is 347 g/mol. The van der Waals surface area contributed by atoms with Crippen LogP contribution in [0.4, 0.5) is 0 Å². The van der Waals surface area contributed by atoms with Gasteiger partial charge in [-0.2, -0.15) is 0 Å². The van der Waals surface area contributed by atoms with Crippen molar-refractivity contribution in [3.05, 3.63) is 54.1 Å². The topological polar surface area (TPSA) is 46.9 Å². The zero-order valence-corrected chi connectivity index (χ0v) is 15.2. The van der Waals surface area contributed by atoms with Gasteiger partial charge < -0.3 is 9.88 Å². The van der Waals surface area contributed by atoms with Crippen molar-refractivity contribution in [3.8, 4) is 11.4 Å². The van der Waals surface area contributed by atoms with Crippen molar-refractivity contribution in [2.45, 2.75) is 51.6 Å². The second-order valence-electron chi connectivity index (χ2n) is 7.23. The van der Waals surface area contributed by atoms with Gasteiger partial charge in [-0.05, 0) is 37.5 Å². The fourth-order valence-electron chi connectivity index (χ4n) is 3.93. The van der Waals surface area contributed by atoms with Gasteiger partial charge in [0.1, 0.15) is 12.4 Å². The predicted molar refractivity (Wildman–Crippen MR) is 105 cm³/mol. The molecule has 1 aliphatic rings. The molecular formula is C22H25N3O. The summed E-state index contributed by atoms with van der Waals surface area (Å²) in [5.41, 5.74) is 4.17. The van der Waals surface area contributed by atoms with Crippen molar-refractivity contribution in [2.24, 2.45) is 0 Å². The molecule has 1 aromatic heterocycles. The molecule has 1 amide bonds. The largest absolute Gasteiger partial charge is 0.352 e. The molecule has 0 spiro atoms. The minimum atomic E-state index is 0.0786. The van der Waals surface area contributed by atoms with Crippen LogP contribution in [0.1, 0.15) is 37.7 Å². The number of nitrogens with zero attached hydrogens (tertiary/aromatic N) is 2. The third kappa shape index (κ3) is 3.36. The molecule has 0 radical (unpaired) electrons. The molecule has 0 bridgehead atoms. The van der Waals surface area contributed by atoms with Crippen LogP contribution in [-0.4, -0.2) is 21.5 Å². The first-order chi connectivity index (χ1) is 12.7. The number of fused-ring (bicyclic) bond motifs is 1. The smallest absolute Gasteiger partial charge is 0.240 e.